The van der Waals surface area contributed by atoms with Crippen molar-refractivity contribution >= 4 is 11.9 Å². The Morgan fingerprint density at radius 1 is 0.571 bits per heavy atom. The van der Waals surface area contributed by atoms with Crippen LogP contribution in [0, 0.1) is 43.8 Å². The Hall–Kier alpha value is -7.02. The van der Waals surface area contributed by atoms with E-state index >= 15 is 0 Å². The zero-order valence-electron chi connectivity index (χ0n) is 46.1. The quantitative estimate of drug-likeness (QED) is 0.0105. The van der Waals surface area contributed by atoms with Gasteiger partial charge in [-0.3, -0.25) is 24.5 Å². The molecule has 10 atom stereocenters. The Morgan fingerprint density at radius 3 is 1.36 bits per heavy atom. The van der Waals surface area contributed by atoms with E-state index in [1.165, 1.54) is 9.80 Å². The van der Waals surface area contributed by atoms with Crippen LogP contribution in [0.5, 0.6) is 11.5 Å². The highest BCUT2D eigenvalue weighted by Gasteiger charge is 2.45. The molecule has 24 heteroatoms. The maximum atomic E-state index is 12.0. The van der Waals surface area contributed by atoms with Crippen molar-refractivity contribution in [3.63, 3.8) is 0 Å². The van der Waals surface area contributed by atoms with Gasteiger partial charge in [-0.25, -0.2) is 0 Å². The minimum Gasteiger partial charge on any atom is -0.587 e. The second-order valence-electron chi connectivity index (χ2n) is 20.2. The van der Waals surface area contributed by atoms with Crippen LogP contribution in [0.3, 0.4) is 0 Å². The van der Waals surface area contributed by atoms with Crippen molar-refractivity contribution in [2.24, 2.45) is 0 Å². The van der Waals surface area contributed by atoms with Gasteiger partial charge < -0.3 is 95.0 Å². The molecule has 0 saturated carbocycles. The number of hydrogen-bond acceptors (Lipinski definition) is 20. The number of carbonyl (C=O) groups is 2. The third kappa shape index (κ3) is 19.3. The van der Waals surface area contributed by atoms with Gasteiger partial charge in [0.05, 0.1) is 48.6 Å². The summed E-state index contributed by atoms with van der Waals surface area (Å²) >= 11 is 0. The number of aliphatic hydroxyl groups excluding tert-OH is 7. The van der Waals surface area contributed by atoms with Gasteiger partial charge in [-0.05, 0) is 111 Å². The smallest absolute Gasteiger partial charge is 0.317 e. The highest BCUT2D eigenvalue weighted by Crippen LogP contribution is 2.28. The Labute approximate surface area is 485 Å². The van der Waals surface area contributed by atoms with Gasteiger partial charge in [0.2, 0.25) is 12.6 Å². The van der Waals surface area contributed by atoms with Crippen molar-refractivity contribution in [1.29, 1.82) is 0 Å². The number of hydrogen-bond donors (Lipinski definition) is 9. The summed E-state index contributed by atoms with van der Waals surface area (Å²) < 4.78 is 22.8. The topological polar surface area (TPSA) is 360 Å². The van der Waals surface area contributed by atoms with E-state index in [0.717, 1.165) is 24.3 Å². The molecule has 10 unspecified atom stereocenters. The standard InChI is InChI=1S/C60H69N5O19/c1-3-49-53(71)55(73)57(75)59(83-49)81-47-16-12-38(13-17-47)8-10-41-26-43(61-45(28-41)32-64(22-24-79-77)34-51(67)68)30-63(21-20-40-6-4-37(2)5-7-40)31-44-27-42(29-46(62-44)33-65(23-25-80-78)35-52(69)70)11-9-39-14-18-48(19-15-39)82-60-58(76)56(74)54(72)50(36-66)84-60/h4-7,12-19,24-29,49-50,53-60,66,71-76,79-80H,3,20-23,30-36H2,1-2H3,(H,67,68)(H,69,70)/q-2. The first kappa shape index (κ1) is 64.5. The average molecular weight is 1160 g/mol. The van der Waals surface area contributed by atoms with Crippen molar-refractivity contribution in [3.05, 3.63) is 166 Å². The molecule has 0 radical (unpaired) electrons. The minimum absolute atomic E-state index is 0.000524. The zero-order valence-corrected chi connectivity index (χ0v) is 46.1. The number of aliphatic carboxylic acids is 2. The van der Waals surface area contributed by atoms with E-state index in [1.54, 1.807) is 73.7 Å². The van der Waals surface area contributed by atoms with E-state index in [2.05, 4.69) is 38.4 Å². The van der Waals surface area contributed by atoms with Gasteiger partial charge in [0.1, 0.15) is 54.2 Å². The van der Waals surface area contributed by atoms with Crippen LogP contribution in [-0.4, -0.2) is 193 Å². The predicted molar refractivity (Wildman–Crippen MR) is 294 cm³/mol. The second-order valence-corrected chi connectivity index (χ2v) is 20.2. The molecule has 2 fully saturated rings. The van der Waals surface area contributed by atoms with Crippen molar-refractivity contribution in [2.75, 3.05) is 39.3 Å². The Morgan fingerprint density at radius 2 is 0.964 bits per heavy atom. The highest BCUT2D eigenvalue weighted by atomic mass is 17.1. The summed E-state index contributed by atoms with van der Waals surface area (Å²) in [7, 11) is 0. The summed E-state index contributed by atoms with van der Waals surface area (Å²) in [5.41, 5.74) is 6.20. The van der Waals surface area contributed by atoms with E-state index in [0.29, 0.717) is 70.2 Å². The highest BCUT2D eigenvalue weighted by molar-refractivity contribution is 5.69. The molecule has 7 rings (SSSR count). The van der Waals surface area contributed by atoms with Crippen molar-refractivity contribution in [2.45, 2.75) is 114 Å². The van der Waals surface area contributed by atoms with Crippen LogP contribution in [0.25, 0.3) is 0 Å². The first-order chi connectivity index (χ1) is 40.4. The average Bonchev–Trinajstić information content (AvgIpc) is 3.22. The number of aliphatic hydroxyl groups is 9. The second kappa shape index (κ2) is 31.8. The molecule has 0 spiro atoms. The molecular formula is C60H69N5O19-2. The predicted octanol–water partition coefficient (Wildman–Crippen LogP) is -0.561. The lowest BCUT2D eigenvalue weighted by Crippen LogP contribution is -2.60. The third-order valence-corrected chi connectivity index (χ3v) is 13.6. The van der Waals surface area contributed by atoms with Crippen LogP contribution in [-0.2, 0) is 51.7 Å². The van der Waals surface area contributed by atoms with Gasteiger partial charge in [-0.15, -0.1) is 0 Å². The van der Waals surface area contributed by atoms with E-state index in [1.807, 2.05) is 37.3 Å². The van der Waals surface area contributed by atoms with E-state index in [9.17, 15) is 66.1 Å². The summed E-state index contributed by atoms with van der Waals surface area (Å²) in [6.07, 6.45) is -12.7. The summed E-state index contributed by atoms with van der Waals surface area (Å²) in [6, 6.07) is 28.1. The minimum atomic E-state index is -1.63. The van der Waals surface area contributed by atoms with Crippen molar-refractivity contribution in [1.82, 2.24) is 24.7 Å². The van der Waals surface area contributed by atoms with E-state index in [4.69, 9.17) is 28.9 Å². The molecule has 0 bridgehead atoms. The largest absolute Gasteiger partial charge is 0.587 e. The van der Waals surface area contributed by atoms with Gasteiger partial charge in [0.25, 0.3) is 0 Å². The monoisotopic (exact) mass is 1160 g/mol. The Kier molecular flexibility index (Phi) is 24.4. The molecule has 2 aromatic heterocycles. The fourth-order valence-corrected chi connectivity index (χ4v) is 9.30. The van der Waals surface area contributed by atoms with Crippen LogP contribution in [0.15, 0.2) is 97.1 Å². The fraction of sp³-hybridized carbons (Fsp3) is 0.400. The number of rotatable bonds is 27. The molecule has 0 amide bonds. The molecule has 450 valence electrons. The van der Waals surface area contributed by atoms with Crippen LogP contribution in [0.1, 0.15) is 69.5 Å². The number of nitrogens with zero attached hydrogens (tertiary/aromatic N) is 5. The lowest BCUT2D eigenvalue weighted by atomic mass is 9.97. The van der Waals surface area contributed by atoms with Gasteiger partial charge in [0.15, 0.2) is 0 Å². The maximum Gasteiger partial charge on any atom is 0.317 e. The third-order valence-electron chi connectivity index (χ3n) is 13.6. The first-order valence-electron chi connectivity index (χ1n) is 26.9. The number of carboxylic acids is 2. The van der Waals surface area contributed by atoms with Crippen LogP contribution in [0.2, 0.25) is 0 Å². The molecular weight excluding hydrogens is 1090 g/mol. The molecule has 24 nitrogen and oxygen atoms in total. The van der Waals surface area contributed by atoms with Crippen molar-refractivity contribution < 1.29 is 94.8 Å². The fourth-order valence-electron chi connectivity index (χ4n) is 9.30. The number of ether oxygens (including phenoxy) is 4. The van der Waals surface area contributed by atoms with Crippen LogP contribution >= 0.6 is 0 Å². The first-order valence-corrected chi connectivity index (χ1v) is 26.9. The lowest BCUT2D eigenvalue weighted by Gasteiger charge is -2.40. The Balaban J connectivity index is 1.21. The molecule has 2 saturated heterocycles. The Bertz CT molecular complexity index is 2860. The van der Waals surface area contributed by atoms with Gasteiger partial charge in [-0.2, -0.15) is 0 Å². The number of aromatic nitrogens is 2. The van der Waals surface area contributed by atoms with Gasteiger partial charge in [-0.1, -0.05) is 73.5 Å². The van der Waals surface area contributed by atoms with Gasteiger partial charge in [0, 0.05) is 55.0 Å². The molecule has 2 aliphatic rings. The summed E-state index contributed by atoms with van der Waals surface area (Å²) in [5, 5.41) is 114. The molecule has 11 N–H and O–H groups in total. The number of carboxylic acid groups (broad SMARTS) is 2. The van der Waals surface area contributed by atoms with E-state index < -0.39 is 93.0 Å². The number of aryl methyl sites for hydroxylation is 1. The molecule has 5 aromatic rings. The van der Waals surface area contributed by atoms with Crippen LogP contribution in [0.4, 0.5) is 0 Å². The number of pyridine rings is 2. The summed E-state index contributed by atoms with van der Waals surface area (Å²) in [4.78, 5) is 44.6. The maximum absolute atomic E-state index is 12.0. The number of benzene rings is 3. The molecule has 3 aromatic carbocycles. The van der Waals surface area contributed by atoms with Gasteiger partial charge >= 0.3 is 11.9 Å². The van der Waals surface area contributed by atoms with Crippen LogP contribution < -0.4 is 20.0 Å². The molecule has 4 heterocycles. The lowest BCUT2D eigenvalue weighted by molar-refractivity contribution is -0.761. The molecule has 84 heavy (non-hydrogen) atoms. The molecule has 2 aliphatic heterocycles. The normalized spacial score (nSPS) is 22.3. The SMILES string of the molecule is CCC1OC(Oc2ccc(C#Cc3cc(CN(C[CH-][OH+][O-])CC(=O)O)nc(CN(CCc4ccc(C)cc4)Cc4cc(C#Cc5ccc(OC6OC(CO)C(O)C(O)C6O)cc5)cc(CN(C[CH-][OH+][O-])CC(=O)O)n4)c3)cc2)C(O)C(O)C1O. The summed E-state index contributed by atoms with van der Waals surface area (Å²) in [6.45, 7) is 5.10. The van der Waals surface area contributed by atoms with Crippen molar-refractivity contribution in [3.8, 4) is 35.2 Å². The molecule has 0 aliphatic carbocycles. The van der Waals surface area contributed by atoms with E-state index in [-0.39, 0.29) is 45.0 Å². The summed E-state index contributed by atoms with van der Waals surface area (Å²) in [5.74, 6) is 10.9. The zero-order chi connectivity index (χ0) is 60.3.